The standard InChI is InChI=1S/C28H33ClN2O3.2C27H32ClNO4.C21H23BrClNO3.C6H10O.CH2Cl2.H4N2/c1-17(2)25-14-23(16-31-25)20-8-6-19(7-9-20)12-22(28(33)30-5)15-26(32)21-10-11-27(24(29)13-21)34-18(3)4;2*1-17(2)24(30)12-10-19-6-8-20(9-7-19)14-22(27(32)29-5)16-25(31)21-11-13-26(23(28)15-21)33-18(3)4;1-13(2)27-20-9-6-15(11-18(20)23)19(25)12-16(21(26)24-3)10-14-4-7-17(22)8-5-14;1-4-6(7)5(2)3;2-1-3;1-2/h6-11,13-14,17-18,22H,12,15-16H2,1-5H3,(H,30,33);2*6-9,11,13,15,17-18,22,24,30H,14,16H2,1-5H3,(H,29,32);4-9,11,13,16H,10,12H2,1-3H3,(H,24,26);1,5-7H,2-3H3;1H2;1-2H2/t22-;2*22-,24?;16-;;;/m1111.../s1. The van der Waals surface area contributed by atoms with E-state index in [1.54, 1.807) is 101 Å². The van der Waals surface area contributed by atoms with Gasteiger partial charge in [0, 0.05) is 121 Å². The maximum absolute atomic E-state index is 13.0. The van der Waals surface area contributed by atoms with Gasteiger partial charge in [-0.05, 0) is 253 Å². The second-order valence-electron chi connectivity index (χ2n) is 35.0. The topological polar surface area (TPSA) is 347 Å². The highest BCUT2D eigenvalue weighted by atomic mass is 79.9. The first-order chi connectivity index (χ1) is 65.8. The molecule has 9 rings (SSSR count). The summed E-state index contributed by atoms with van der Waals surface area (Å²) in [6.07, 6.45) is 7.14. The number of hydrazine groups is 1. The number of allylic oxidation sites excluding steroid dienone is 1. The van der Waals surface area contributed by atoms with E-state index in [-0.39, 0.29) is 120 Å². The zero-order valence-corrected chi connectivity index (χ0v) is 89.2. The molecule has 1 heterocycles. The van der Waals surface area contributed by atoms with Crippen LogP contribution in [0, 0.1) is 83.4 Å². The van der Waals surface area contributed by atoms with E-state index in [2.05, 4.69) is 116 Å². The van der Waals surface area contributed by atoms with Gasteiger partial charge in [-0.25, -0.2) is 0 Å². The van der Waals surface area contributed by atoms with Crippen molar-refractivity contribution in [2.75, 3.05) is 40.1 Å². The molecule has 0 aromatic heterocycles. The van der Waals surface area contributed by atoms with E-state index in [9.17, 15) is 48.6 Å². The lowest BCUT2D eigenvalue weighted by Crippen LogP contribution is -2.30. The molecule has 8 aromatic rings. The fourth-order valence-corrected chi connectivity index (χ4v) is 14.3. The van der Waals surface area contributed by atoms with E-state index in [4.69, 9.17) is 100 Å². The number of nitrogens with two attached hydrogens (primary N) is 2. The molecule has 750 valence electrons. The first-order valence-corrected chi connectivity index (χ1v) is 49.2. The van der Waals surface area contributed by atoms with Crippen molar-refractivity contribution in [3.05, 3.63) is 262 Å². The Labute approximate surface area is 860 Å². The lowest BCUT2D eigenvalue weighted by molar-refractivity contribution is -0.125. The van der Waals surface area contributed by atoms with Crippen molar-refractivity contribution in [1.29, 1.82) is 0 Å². The van der Waals surface area contributed by atoms with Crippen molar-refractivity contribution in [2.24, 2.45) is 64.0 Å². The summed E-state index contributed by atoms with van der Waals surface area (Å²) in [6, 6.07) is 50.8. The first-order valence-electron chi connectivity index (χ1n) is 45.9. The van der Waals surface area contributed by atoms with Gasteiger partial charge < -0.3 is 55.5 Å². The molecule has 0 radical (unpaired) electrons. The summed E-state index contributed by atoms with van der Waals surface area (Å²) in [6.45, 7) is 31.6. The number of nitrogens with zero attached hydrogens (tertiary/aromatic N) is 1. The van der Waals surface area contributed by atoms with Crippen LogP contribution >= 0.6 is 85.5 Å². The Bertz CT molecular complexity index is 5340. The number of hydrogen-bond acceptors (Lipinski definition) is 18. The minimum Gasteiger partial charge on any atom is -0.489 e. The van der Waals surface area contributed by atoms with Gasteiger partial charge in [0.05, 0.1) is 56.4 Å². The van der Waals surface area contributed by atoms with Crippen LogP contribution in [0.2, 0.25) is 20.1 Å². The number of Topliss-reactive ketones (excluding diaryl/α,β-unsaturated/α-hetero) is 4. The summed E-state index contributed by atoms with van der Waals surface area (Å²) >= 11 is 38.0. The van der Waals surface area contributed by atoms with Crippen LogP contribution in [0.3, 0.4) is 0 Å². The van der Waals surface area contributed by atoms with Crippen LogP contribution in [-0.2, 0) is 44.9 Å². The third-order valence-electron chi connectivity index (χ3n) is 20.9. The predicted molar refractivity (Wildman–Crippen MR) is 568 cm³/mol. The highest BCUT2D eigenvalue weighted by Gasteiger charge is 2.29. The first kappa shape index (κ1) is 123. The number of aliphatic hydroxyl groups excluding tert-OH is 3. The number of ketones is 4. The number of benzene rings is 8. The molecule has 1 aliphatic rings. The number of carbonyl (C=O) groups is 8. The average Bonchev–Trinajstić information content (AvgIpc) is 0.864. The molecule has 8 aromatic carbocycles. The maximum Gasteiger partial charge on any atom is 0.223 e. The molecule has 0 aliphatic carbocycles. The van der Waals surface area contributed by atoms with Crippen molar-refractivity contribution in [2.45, 2.75) is 205 Å². The van der Waals surface area contributed by atoms with Gasteiger partial charge in [0.25, 0.3) is 0 Å². The summed E-state index contributed by atoms with van der Waals surface area (Å²) < 4.78 is 23.4. The largest absolute Gasteiger partial charge is 0.489 e. The van der Waals surface area contributed by atoms with Crippen LogP contribution < -0.4 is 51.9 Å². The van der Waals surface area contributed by atoms with Gasteiger partial charge in [-0.2, -0.15) is 0 Å². The van der Waals surface area contributed by atoms with Crippen LogP contribution in [0.1, 0.15) is 217 Å². The second-order valence-corrected chi connectivity index (χ2v) is 38.3. The zero-order valence-electron chi connectivity index (χ0n) is 83.0. The molecule has 0 saturated carbocycles. The predicted octanol–water partition coefficient (Wildman–Crippen LogP) is 21.1. The Morgan fingerprint density at radius 2 is 0.640 bits per heavy atom. The number of aliphatic hydroxyl groups is 3. The molecule has 0 fully saturated rings. The van der Waals surface area contributed by atoms with Crippen LogP contribution in [0.4, 0.5) is 0 Å². The number of amides is 4. The van der Waals surface area contributed by atoms with Crippen LogP contribution in [0.25, 0.3) is 5.57 Å². The Hall–Kier alpha value is -10.4. The summed E-state index contributed by atoms with van der Waals surface area (Å²) in [4.78, 5) is 106. The molecular weight excluding hydrogens is 1950 g/mol. The van der Waals surface area contributed by atoms with Gasteiger partial charge >= 0.3 is 0 Å². The van der Waals surface area contributed by atoms with Gasteiger partial charge in [0.15, 0.2) is 23.1 Å². The lowest BCUT2D eigenvalue weighted by Gasteiger charge is -2.16. The molecule has 139 heavy (non-hydrogen) atoms. The molecule has 0 saturated heterocycles. The third kappa shape index (κ3) is 45.4. The van der Waals surface area contributed by atoms with Gasteiger partial charge in [-0.15, -0.1) is 29.6 Å². The SMILES string of the molecule is C#CC(O)C(C)C.CNC(=O)[C@@H](CC(=O)c1ccc(OC(C)C)c(Cl)c1)Cc1ccc(Br)cc1.CNC(=O)[C@@H](CC(=O)c1ccc(OC(C)C)c(Cl)c1)Cc1ccc(C#CC(O)C(C)C)cc1.CNC(=O)[C@@H](CC(=O)c1ccc(OC(C)C)c(Cl)c1)Cc1ccc(C#CC(O)C(C)C)cc1.CNC(=O)[C@@H](CC(=O)c1ccc(OC(C)C)c(Cl)c1)Cc1ccc(C2=CC(C(C)C)=NC2)cc1.ClCCl.NN. The van der Waals surface area contributed by atoms with E-state index in [0.717, 1.165) is 49.1 Å². The number of alkyl halides is 2. The minimum absolute atomic E-state index is 0.00686. The zero-order chi connectivity index (χ0) is 104. The normalized spacial score (nSPS) is 12.6. The van der Waals surface area contributed by atoms with Crippen molar-refractivity contribution < 1.29 is 72.6 Å². The molecule has 7 atom stereocenters. The number of aliphatic imine (C=N–C) groups is 1. The fourth-order valence-electron chi connectivity index (χ4n) is 13.2. The van der Waals surface area contributed by atoms with E-state index < -0.39 is 42.0 Å². The molecule has 1 aliphatic heterocycles. The summed E-state index contributed by atoms with van der Waals surface area (Å²) in [5.41, 5.74) is 10.7. The quantitative estimate of drug-likeness (QED) is 0.00574. The Kier molecular flexibility index (Phi) is 57.3. The number of terminal acetylenes is 1. The summed E-state index contributed by atoms with van der Waals surface area (Å²) in [7, 11) is 6.30. The van der Waals surface area contributed by atoms with E-state index in [0.29, 0.717) is 103 Å². The van der Waals surface area contributed by atoms with Gasteiger partial charge in [0.2, 0.25) is 23.6 Å². The number of carbonyl (C=O) groups excluding carboxylic acids is 8. The molecule has 0 spiro atoms. The summed E-state index contributed by atoms with van der Waals surface area (Å²) in [5, 5.41) is 40.7. The lowest BCUT2D eigenvalue weighted by atomic mass is 9.90. The maximum atomic E-state index is 13.0. The summed E-state index contributed by atoms with van der Waals surface area (Å²) in [5.74, 6) is 21.4. The van der Waals surface area contributed by atoms with Crippen molar-refractivity contribution in [1.82, 2.24) is 21.3 Å². The fraction of sp³-hybridized carbons (Fsp3) is 0.409. The Morgan fingerprint density at radius 3 is 0.842 bits per heavy atom. The van der Waals surface area contributed by atoms with Crippen molar-refractivity contribution in [3.8, 4) is 59.0 Å². The van der Waals surface area contributed by atoms with Gasteiger partial charge in [0.1, 0.15) is 41.3 Å². The Balaban J connectivity index is 0.000000459. The molecule has 11 N–H and O–H groups in total. The second kappa shape index (κ2) is 64.9. The smallest absolute Gasteiger partial charge is 0.223 e. The number of hydrogen-bond donors (Lipinski definition) is 9. The number of ether oxygens (including phenoxy) is 4. The number of halogens is 7. The highest BCUT2D eigenvalue weighted by molar-refractivity contribution is 9.10. The monoisotopic (exact) mass is 2080 g/mol. The highest BCUT2D eigenvalue weighted by Crippen LogP contribution is 2.34. The number of rotatable bonds is 37. The van der Waals surface area contributed by atoms with Crippen LogP contribution in [0.15, 0.2) is 185 Å². The van der Waals surface area contributed by atoms with Crippen molar-refractivity contribution >= 4 is 144 Å². The number of nitrogens with one attached hydrogen (secondary N) is 4. The van der Waals surface area contributed by atoms with E-state index in [1.807, 2.05) is 182 Å². The molecular formula is C110H136BrCl6N7O15. The van der Waals surface area contributed by atoms with Crippen LogP contribution in [0.5, 0.6) is 23.0 Å². The van der Waals surface area contributed by atoms with Gasteiger partial charge in [-0.1, -0.05) is 208 Å². The third-order valence-corrected chi connectivity index (χ3v) is 22.6. The molecule has 3 unspecified atom stereocenters. The van der Waals surface area contributed by atoms with Gasteiger partial charge in [-0.3, -0.25) is 55.0 Å². The molecule has 4 amide bonds. The molecule has 29 heteroatoms. The Morgan fingerprint density at radius 1 is 0.396 bits per heavy atom. The van der Waals surface area contributed by atoms with E-state index in [1.165, 1.54) is 5.57 Å². The van der Waals surface area contributed by atoms with E-state index >= 15 is 0 Å². The van der Waals surface area contributed by atoms with Crippen molar-refractivity contribution in [3.63, 3.8) is 0 Å². The van der Waals surface area contributed by atoms with Crippen LogP contribution in [-0.4, -0.2) is 151 Å². The molecule has 22 nitrogen and oxygen atoms in total. The average molecular weight is 2090 g/mol. The minimum atomic E-state index is -0.673. The molecule has 0 bridgehead atoms.